The SMILES string of the molecule is COCc1ccc(CNC(=O)C2CCC(N)C2)cc1. The summed E-state index contributed by atoms with van der Waals surface area (Å²) < 4.78 is 5.06. The summed E-state index contributed by atoms with van der Waals surface area (Å²) in [5.41, 5.74) is 8.07. The van der Waals surface area contributed by atoms with E-state index < -0.39 is 0 Å². The third kappa shape index (κ3) is 4.04. The number of carbonyl (C=O) groups excluding carboxylic acids is 1. The number of rotatable bonds is 5. The Morgan fingerprint density at radius 1 is 1.32 bits per heavy atom. The average Bonchev–Trinajstić information content (AvgIpc) is 2.85. The lowest BCUT2D eigenvalue weighted by atomic mass is 10.1. The Bertz CT molecular complexity index is 417. The van der Waals surface area contributed by atoms with Gasteiger partial charge < -0.3 is 15.8 Å². The van der Waals surface area contributed by atoms with Crippen LogP contribution in [0, 0.1) is 5.92 Å². The van der Waals surface area contributed by atoms with Gasteiger partial charge in [-0.25, -0.2) is 0 Å². The van der Waals surface area contributed by atoms with Crippen LogP contribution in [0.2, 0.25) is 0 Å². The summed E-state index contributed by atoms with van der Waals surface area (Å²) >= 11 is 0. The summed E-state index contributed by atoms with van der Waals surface area (Å²) in [5, 5.41) is 2.99. The predicted molar refractivity (Wildman–Crippen MR) is 74.3 cm³/mol. The molecule has 19 heavy (non-hydrogen) atoms. The van der Waals surface area contributed by atoms with Gasteiger partial charge in [-0.1, -0.05) is 24.3 Å². The molecule has 0 aliphatic heterocycles. The largest absolute Gasteiger partial charge is 0.380 e. The number of nitrogens with two attached hydrogens (primary N) is 1. The molecular formula is C15H22N2O2. The highest BCUT2D eigenvalue weighted by molar-refractivity contribution is 5.79. The van der Waals surface area contributed by atoms with Gasteiger partial charge in [-0.3, -0.25) is 4.79 Å². The van der Waals surface area contributed by atoms with Gasteiger partial charge >= 0.3 is 0 Å². The van der Waals surface area contributed by atoms with Crippen LogP contribution in [-0.2, 0) is 22.7 Å². The van der Waals surface area contributed by atoms with Crippen LogP contribution in [0.4, 0.5) is 0 Å². The van der Waals surface area contributed by atoms with Crippen LogP contribution >= 0.6 is 0 Å². The fourth-order valence-corrected chi connectivity index (χ4v) is 2.51. The van der Waals surface area contributed by atoms with Gasteiger partial charge in [0.1, 0.15) is 0 Å². The van der Waals surface area contributed by atoms with Gasteiger partial charge in [0.05, 0.1) is 6.61 Å². The Kier molecular flexibility index (Phi) is 4.93. The summed E-state index contributed by atoms with van der Waals surface area (Å²) in [5.74, 6) is 0.233. The van der Waals surface area contributed by atoms with Crippen LogP contribution in [0.25, 0.3) is 0 Å². The zero-order chi connectivity index (χ0) is 13.7. The first-order valence-corrected chi connectivity index (χ1v) is 6.79. The highest BCUT2D eigenvalue weighted by atomic mass is 16.5. The first-order valence-electron chi connectivity index (χ1n) is 6.79. The molecule has 3 N–H and O–H groups in total. The molecule has 0 heterocycles. The Balaban J connectivity index is 1.80. The number of ether oxygens (including phenoxy) is 1. The lowest BCUT2D eigenvalue weighted by molar-refractivity contribution is -0.125. The molecule has 4 nitrogen and oxygen atoms in total. The number of methoxy groups -OCH3 is 1. The number of hydrogen-bond acceptors (Lipinski definition) is 3. The van der Waals surface area contributed by atoms with Crippen molar-refractivity contribution < 1.29 is 9.53 Å². The van der Waals surface area contributed by atoms with Crippen molar-refractivity contribution in [2.45, 2.75) is 38.5 Å². The molecule has 4 heteroatoms. The lowest BCUT2D eigenvalue weighted by Crippen LogP contribution is -2.29. The number of hydrogen-bond donors (Lipinski definition) is 2. The Labute approximate surface area is 114 Å². The summed E-state index contributed by atoms with van der Waals surface area (Å²) in [7, 11) is 1.68. The Hall–Kier alpha value is -1.39. The Morgan fingerprint density at radius 3 is 2.58 bits per heavy atom. The van der Waals surface area contributed by atoms with Gasteiger partial charge in [0.25, 0.3) is 0 Å². The molecule has 0 spiro atoms. The molecule has 2 unspecified atom stereocenters. The topological polar surface area (TPSA) is 64.3 Å². The van der Waals surface area contributed by atoms with E-state index in [9.17, 15) is 4.79 Å². The van der Waals surface area contributed by atoms with Crippen LogP contribution in [0.3, 0.4) is 0 Å². The van der Waals surface area contributed by atoms with Crippen molar-refractivity contribution in [2.24, 2.45) is 11.7 Å². The first kappa shape index (κ1) is 14.0. The van der Waals surface area contributed by atoms with E-state index in [1.807, 2.05) is 24.3 Å². The molecule has 0 radical (unpaired) electrons. The van der Waals surface area contributed by atoms with Crippen molar-refractivity contribution in [3.05, 3.63) is 35.4 Å². The van der Waals surface area contributed by atoms with Crippen molar-refractivity contribution in [1.82, 2.24) is 5.32 Å². The summed E-state index contributed by atoms with van der Waals surface area (Å²) in [4.78, 5) is 11.9. The Morgan fingerprint density at radius 2 is 2.00 bits per heavy atom. The molecule has 0 bridgehead atoms. The van der Waals surface area contributed by atoms with Gasteiger partial charge in [-0.15, -0.1) is 0 Å². The van der Waals surface area contributed by atoms with E-state index in [1.165, 1.54) is 0 Å². The van der Waals surface area contributed by atoms with Crippen molar-refractivity contribution in [1.29, 1.82) is 0 Å². The quantitative estimate of drug-likeness (QED) is 0.846. The lowest BCUT2D eigenvalue weighted by Gasteiger charge is -2.11. The van der Waals surface area contributed by atoms with Crippen molar-refractivity contribution in [2.75, 3.05) is 7.11 Å². The minimum atomic E-state index is 0.0998. The zero-order valence-electron chi connectivity index (χ0n) is 11.4. The number of nitrogens with one attached hydrogen (secondary N) is 1. The van der Waals surface area contributed by atoms with Crippen LogP contribution in [0.1, 0.15) is 30.4 Å². The molecule has 1 aromatic rings. The number of benzene rings is 1. The molecule has 1 aromatic carbocycles. The third-order valence-corrected chi connectivity index (χ3v) is 3.64. The van der Waals surface area contributed by atoms with Gasteiger partial charge in [-0.05, 0) is 30.4 Å². The minimum absolute atomic E-state index is 0.0998. The van der Waals surface area contributed by atoms with E-state index in [0.29, 0.717) is 13.2 Å². The van der Waals surface area contributed by atoms with Gasteiger partial charge in [0, 0.05) is 25.6 Å². The smallest absolute Gasteiger partial charge is 0.223 e. The van der Waals surface area contributed by atoms with Crippen LogP contribution in [0.15, 0.2) is 24.3 Å². The minimum Gasteiger partial charge on any atom is -0.380 e. The third-order valence-electron chi connectivity index (χ3n) is 3.64. The van der Waals surface area contributed by atoms with Crippen LogP contribution < -0.4 is 11.1 Å². The number of carbonyl (C=O) groups is 1. The highest BCUT2D eigenvalue weighted by Crippen LogP contribution is 2.24. The van der Waals surface area contributed by atoms with E-state index in [2.05, 4.69) is 5.32 Å². The maximum Gasteiger partial charge on any atom is 0.223 e. The summed E-state index contributed by atoms with van der Waals surface area (Å²) in [6, 6.07) is 8.29. The maximum atomic E-state index is 11.9. The molecule has 1 aliphatic carbocycles. The predicted octanol–water partition coefficient (Wildman–Crippen LogP) is 1.58. The second-order valence-electron chi connectivity index (χ2n) is 5.24. The van der Waals surface area contributed by atoms with E-state index in [0.717, 1.165) is 30.4 Å². The van der Waals surface area contributed by atoms with Crippen molar-refractivity contribution in [3.8, 4) is 0 Å². The molecule has 104 valence electrons. The molecule has 1 aliphatic rings. The van der Waals surface area contributed by atoms with Crippen LogP contribution in [0.5, 0.6) is 0 Å². The second kappa shape index (κ2) is 6.68. The van der Waals surface area contributed by atoms with Crippen molar-refractivity contribution in [3.63, 3.8) is 0 Å². The van der Waals surface area contributed by atoms with Gasteiger partial charge in [-0.2, -0.15) is 0 Å². The molecule has 0 aromatic heterocycles. The standard InChI is InChI=1S/C15H22N2O2/c1-19-10-12-4-2-11(3-5-12)9-17-15(18)13-6-7-14(16)8-13/h2-5,13-14H,6-10,16H2,1H3,(H,17,18). The van der Waals surface area contributed by atoms with E-state index in [1.54, 1.807) is 7.11 Å². The first-order chi connectivity index (χ1) is 9.19. The molecule has 1 fully saturated rings. The van der Waals surface area contributed by atoms with Gasteiger partial charge in [0.2, 0.25) is 5.91 Å². The normalized spacial score (nSPS) is 22.4. The molecular weight excluding hydrogens is 240 g/mol. The zero-order valence-corrected chi connectivity index (χ0v) is 11.4. The van der Waals surface area contributed by atoms with Gasteiger partial charge in [0.15, 0.2) is 0 Å². The highest BCUT2D eigenvalue weighted by Gasteiger charge is 2.27. The molecule has 2 rings (SSSR count). The second-order valence-corrected chi connectivity index (χ2v) is 5.24. The fourth-order valence-electron chi connectivity index (χ4n) is 2.51. The summed E-state index contributed by atoms with van der Waals surface area (Å²) in [6.07, 6.45) is 2.70. The monoisotopic (exact) mass is 262 g/mol. The molecule has 1 saturated carbocycles. The number of amides is 1. The van der Waals surface area contributed by atoms with E-state index in [4.69, 9.17) is 10.5 Å². The van der Waals surface area contributed by atoms with E-state index >= 15 is 0 Å². The molecule has 1 amide bonds. The van der Waals surface area contributed by atoms with Crippen LogP contribution in [-0.4, -0.2) is 19.1 Å². The maximum absolute atomic E-state index is 11.9. The fraction of sp³-hybridized carbons (Fsp3) is 0.533. The van der Waals surface area contributed by atoms with Crippen molar-refractivity contribution >= 4 is 5.91 Å². The average molecular weight is 262 g/mol. The van der Waals surface area contributed by atoms with E-state index in [-0.39, 0.29) is 17.9 Å². The summed E-state index contributed by atoms with van der Waals surface area (Å²) in [6.45, 7) is 1.20. The molecule has 2 atom stereocenters. The molecule has 0 saturated heterocycles.